The number of carbonyl (C=O) groups is 1. The molecular weight excluding hydrogens is 330 g/mol. The Bertz CT molecular complexity index is 636. The molecule has 3 rings (SSSR count). The molecule has 2 aliphatic heterocycles. The summed E-state index contributed by atoms with van der Waals surface area (Å²) < 4.78 is 10.4. The lowest BCUT2D eigenvalue weighted by Gasteiger charge is -2.25. The van der Waals surface area contributed by atoms with Crippen LogP contribution in [0.3, 0.4) is 0 Å². The van der Waals surface area contributed by atoms with Crippen molar-refractivity contribution < 1.29 is 14.3 Å². The minimum absolute atomic E-state index is 0.303. The van der Waals surface area contributed by atoms with Gasteiger partial charge in [0.2, 0.25) is 0 Å². The van der Waals surface area contributed by atoms with E-state index in [4.69, 9.17) is 14.5 Å². The van der Waals surface area contributed by atoms with Crippen molar-refractivity contribution in [2.45, 2.75) is 26.2 Å². The van der Waals surface area contributed by atoms with Gasteiger partial charge in [0.05, 0.1) is 19.3 Å². The highest BCUT2D eigenvalue weighted by molar-refractivity contribution is 5.89. The van der Waals surface area contributed by atoms with Gasteiger partial charge in [0.25, 0.3) is 0 Å². The molecule has 0 radical (unpaired) electrons. The molecule has 2 heterocycles. The Hall–Kier alpha value is -2.08. The lowest BCUT2D eigenvalue weighted by molar-refractivity contribution is 0.0600. The third kappa shape index (κ3) is 4.36. The maximum Gasteiger partial charge on any atom is 0.337 e. The first-order valence-electron chi connectivity index (χ1n) is 9.44. The van der Waals surface area contributed by atoms with E-state index >= 15 is 0 Å². The third-order valence-corrected chi connectivity index (χ3v) is 5.29. The van der Waals surface area contributed by atoms with Crippen LogP contribution in [0.1, 0.15) is 35.7 Å². The largest absolute Gasteiger partial charge is 0.465 e. The molecule has 26 heavy (non-hydrogen) atoms. The van der Waals surface area contributed by atoms with Gasteiger partial charge in [-0.3, -0.25) is 4.99 Å². The summed E-state index contributed by atoms with van der Waals surface area (Å²) in [6.07, 6.45) is 3.19. The normalized spacial score (nSPS) is 22.8. The number of nitrogens with zero attached hydrogens (tertiary/aromatic N) is 2. The zero-order chi connectivity index (χ0) is 18.4. The number of ether oxygens (including phenoxy) is 2. The summed E-state index contributed by atoms with van der Waals surface area (Å²) in [6.45, 7) is 7.55. The van der Waals surface area contributed by atoms with E-state index in [9.17, 15) is 4.79 Å². The van der Waals surface area contributed by atoms with Crippen molar-refractivity contribution in [2.75, 3.05) is 46.5 Å². The molecule has 6 nitrogen and oxygen atoms in total. The van der Waals surface area contributed by atoms with Crippen LogP contribution in [0.15, 0.2) is 29.3 Å². The van der Waals surface area contributed by atoms with Gasteiger partial charge in [0.15, 0.2) is 5.96 Å². The van der Waals surface area contributed by atoms with Crippen LogP contribution in [0.5, 0.6) is 0 Å². The fourth-order valence-electron chi connectivity index (χ4n) is 3.73. The van der Waals surface area contributed by atoms with E-state index in [-0.39, 0.29) is 5.97 Å². The number of likely N-dealkylation sites (tertiary alicyclic amines) is 1. The molecule has 1 spiro atoms. The Balaban J connectivity index is 1.57. The monoisotopic (exact) mass is 359 g/mol. The quantitative estimate of drug-likeness (QED) is 0.495. The van der Waals surface area contributed by atoms with Crippen LogP contribution in [-0.2, 0) is 15.9 Å². The maximum absolute atomic E-state index is 11.5. The van der Waals surface area contributed by atoms with Crippen LogP contribution in [0, 0.1) is 5.41 Å². The van der Waals surface area contributed by atoms with Crippen molar-refractivity contribution in [3.63, 3.8) is 0 Å². The summed E-state index contributed by atoms with van der Waals surface area (Å²) in [6, 6.07) is 7.55. The number of aliphatic imine (C=N–C) groups is 1. The SMILES string of the molecule is CCNC(=NCCc1ccc(C(=O)OC)cc1)N1CCC2(CCOC2)C1. The molecule has 2 saturated heterocycles. The molecule has 1 atom stereocenters. The summed E-state index contributed by atoms with van der Waals surface area (Å²) in [5.74, 6) is 0.699. The Morgan fingerprint density at radius 1 is 1.35 bits per heavy atom. The summed E-state index contributed by atoms with van der Waals surface area (Å²) in [7, 11) is 1.40. The number of esters is 1. The van der Waals surface area contributed by atoms with E-state index < -0.39 is 0 Å². The van der Waals surface area contributed by atoms with Gasteiger partial charge in [-0.25, -0.2) is 4.79 Å². The highest BCUT2D eigenvalue weighted by Gasteiger charge is 2.42. The average molecular weight is 359 g/mol. The van der Waals surface area contributed by atoms with E-state index in [0.29, 0.717) is 11.0 Å². The maximum atomic E-state index is 11.5. The molecule has 2 aliphatic rings. The van der Waals surface area contributed by atoms with E-state index in [1.165, 1.54) is 19.1 Å². The minimum Gasteiger partial charge on any atom is -0.465 e. The van der Waals surface area contributed by atoms with E-state index in [0.717, 1.165) is 58.2 Å². The second-order valence-corrected chi connectivity index (χ2v) is 7.15. The van der Waals surface area contributed by atoms with Gasteiger partial charge in [-0.2, -0.15) is 0 Å². The third-order valence-electron chi connectivity index (χ3n) is 5.29. The van der Waals surface area contributed by atoms with Crippen LogP contribution in [0.4, 0.5) is 0 Å². The van der Waals surface area contributed by atoms with Crippen molar-refractivity contribution in [2.24, 2.45) is 10.4 Å². The first-order chi connectivity index (χ1) is 12.7. The zero-order valence-electron chi connectivity index (χ0n) is 15.8. The average Bonchev–Trinajstić information content (AvgIpc) is 3.31. The predicted octanol–water partition coefficient (Wildman–Crippen LogP) is 2.09. The van der Waals surface area contributed by atoms with Crippen molar-refractivity contribution in [1.82, 2.24) is 10.2 Å². The first kappa shape index (κ1) is 18.7. The number of rotatable bonds is 5. The predicted molar refractivity (Wildman–Crippen MR) is 102 cm³/mol. The van der Waals surface area contributed by atoms with Gasteiger partial charge in [-0.15, -0.1) is 0 Å². The Kier molecular flexibility index (Phi) is 6.14. The molecular formula is C20H29N3O3. The van der Waals surface area contributed by atoms with Crippen LogP contribution >= 0.6 is 0 Å². The Labute approximate surface area is 155 Å². The number of hydrogen-bond donors (Lipinski definition) is 1. The van der Waals surface area contributed by atoms with Gasteiger partial charge in [0.1, 0.15) is 0 Å². The summed E-state index contributed by atoms with van der Waals surface area (Å²) in [5.41, 5.74) is 2.08. The molecule has 0 bridgehead atoms. The molecule has 6 heteroatoms. The van der Waals surface area contributed by atoms with Gasteiger partial charge in [0, 0.05) is 38.2 Å². The lowest BCUT2D eigenvalue weighted by atomic mass is 9.87. The van der Waals surface area contributed by atoms with Crippen LogP contribution in [-0.4, -0.2) is 63.3 Å². The smallest absolute Gasteiger partial charge is 0.337 e. The molecule has 1 unspecified atom stereocenters. The van der Waals surface area contributed by atoms with Crippen LogP contribution < -0.4 is 5.32 Å². The minimum atomic E-state index is -0.303. The number of hydrogen-bond acceptors (Lipinski definition) is 4. The van der Waals surface area contributed by atoms with Gasteiger partial charge < -0.3 is 19.7 Å². The highest BCUT2D eigenvalue weighted by Crippen LogP contribution is 2.38. The molecule has 0 aliphatic carbocycles. The topological polar surface area (TPSA) is 63.2 Å². The number of benzene rings is 1. The van der Waals surface area contributed by atoms with Gasteiger partial charge in [-0.1, -0.05) is 12.1 Å². The van der Waals surface area contributed by atoms with Crippen molar-refractivity contribution in [3.8, 4) is 0 Å². The molecule has 0 amide bonds. The van der Waals surface area contributed by atoms with Crippen molar-refractivity contribution >= 4 is 11.9 Å². The van der Waals surface area contributed by atoms with Gasteiger partial charge >= 0.3 is 5.97 Å². The Morgan fingerprint density at radius 3 is 2.81 bits per heavy atom. The van der Waals surface area contributed by atoms with Crippen molar-refractivity contribution in [3.05, 3.63) is 35.4 Å². The Morgan fingerprint density at radius 2 is 2.15 bits per heavy atom. The van der Waals surface area contributed by atoms with Crippen LogP contribution in [0.25, 0.3) is 0 Å². The number of carbonyl (C=O) groups excluding carboxylic acids is 1. The summed E-state index contributed by atoms with van der Waals surface area (Å²) in [5, 5.41) is 3.42. The van der Waals surface area contributed by atoms with E-state index in [1.54, 1.807) is 12.1 Å². The van der Waals surface area contributed by atoms with Crippen molar-refractivity contribution in [1.29, 1.82) is 0 Å². The lowest BCUT2D eigenvalue weighted by Crippen LogP contribution is -2.41. The second kappa shape index (κ2) is 8.54. The summed E-state index contributed by atoms with van der Waals surface area (Å²) >= 11 is 0. The molecule has 2 fully saturated rings. The molecule has 0 saturated carbocycles. The molecule has 1 N–H and O–H groups in total. The number of nitrogens with one attached hydrogen (secondary N) is 1. The number of methoxy groups -OCH3 is 1. The number of guanidine groups is 1. The summed E-state index contributed by atoms with van der Waals surface area (Å²) in [4.78, 5) is 18.7. The fourth-order valence-corrected chi connectivity index (χ4v) is 3.73. The first-order valence-corrected chi connectivity index (χ1v) is 9.44. The zero-order valence-corrected chi connectivity index (χ0v) is 15.8. The molecule has 142 valence electrons. The van der Waals surface area contributed by atoms with E-state index in [1.807, 2.05) is 12.1 Å². The fraction of sp³-hybridized carbons (Fsp3) is 0.600. The standard InChI is InChI=1S/C20H29N3O3/c1-3-21-19(23-12-9-20(14-23)10-13-26-15-20)22-11-8-16-4-6-17(7-5-16)18(24)25-2/h4-7H,3,8-15H2,1-2H3,(H,21,22). The molecule has 0 aromatic heterocycles. The highest BCUT2D eigenvalue weighted by atomic mass is 16.5. The molecule has 1 aromatic rings. The van der Waals surface area contributed by atoms with Crippen LogP contribution in [0.2, 0.25) is 0 Å². The molecule has 1 aromatic carbocycles. The van der Waals surface area contributed by atoms with Gasteiger partial charge in [-0.05, 0) is 43.9 Å². The second-order valence-electron chi connectivity index (χ2n) is 7.15. The van der Waals surface area contributed by atoms with E-state index in [2.05, 4.69) is 17.1 Å².